The third-order valence-corrected chi connectivity index (χ3v) is 2.47. The molecule has 0 spiro atoms. The lowest BCUT2D eigenvalue weighted by Gasteiger charge is -2.07. The van der Waals surface area contributed by atoms with E-state index >= 15 is 0 Å². The first-order valence-corrected chi connectivity index (χ1v) is 5.38. The molecule has 1 aromatic heterocycles. The molecule has 0 radical (unpaired) electrons. The van der Waals surface area contributed by atoms with Crippen LogP contribution in [0.5, 0.6) is 0 Å². The van der Waals surface area contributed by atoms with Crippen molar-refractivity contribution in [1.82, 2.24) is 9.97 Å². The van der Waals surface area contributed by atoms with Gasteiger partial charge < -0.3 is 5.32 Å². The van der Waals surface area contributed by atoms with Crippen LogP contribution in [0.2, 0.25) is 5.02 Å². The van der Waals surface area contributed by atoms with Crippen LogP contribution in [-0.2, 0) is 0 Å². The number of aryl methyl sites for hydroxylation is 1. The lowest BCUT2D eigenvalue weighted by atomic mass is 10.2. The number of carbonyl (C=O) groups is 1. The minimum atomic E-state index is -0.288. The van der Waals surface area contributed by atoms with Crippen LogP contribution >= 0.6 is 11.6 Å². The molecule has 2 rings (SSSR count). The predicted molar refractivity (Wildman–Crippen MR) is 66.2 cm³/mol. The highest BCUT2D eigenvalue weighted by Crippen LogP contribution is 2.19. The molecule has 0 fully saturated rings. The van der Waals surface area contributed by atoms with Gasteiger partial charge in [0, 0.05) is 23.1 Å². The molecule has 2 aromatic rings. The molecule has 1 aromatic carbocycles. The second-order valence-electron chi connectivity index (χ2n) is 3.50. The molecule has 5 heteroatoms. The maximum Gasteiger partial charge on any atom is 0.275 e. The van der Waals surface area contributed by atoms with Crippen molar-refractivity contribution in [1.29, 1.82) is 0 Å². The lowest BCUT2D eigenvalue weighted by Crippen LogP contribution is -2.14. The molecule has 0 aliphatic rings. The predicted octanol–water partition coefficient (Wildman–Crippen LogP) is 2.69. The normalized spacial score (nSPS) is 10.0. The van der Waals surface area contributed by atoms with Gasteiger partial charge in [-0.3, -0.25) is 9.78 Å². The van der Waals surface area contributed by atoms with Crippen molar-refractivity contribution in [3.05, 3.63) is 53.1 Å². The van der Waals surface area contributed by atoms with Crippen molar-refractivity contribution >= 4 is 23.2 Å². The van der Waals surface area contributed by atoms with E-state index in [1.54, 1.807) is 18.2 Å². The van der Waals surface area contributed by atoms with Gasteiger partial charge in [-0.2, -0.15) is 0 Å². The van der Waals surface area contributed by atoms with E-state index in [0.29, 0.717) is 10.7 Å². The van der Waals surface area contributed by atoms with E-state index in [9.17, 15) is 4.79 Å². The minimum Gasteiger partial charge on any atom is -0.320 e. The van der Waals surface area contributed by atoms with Crippen LogP contribution in [0.25, 0.3) is 0 Å². The summed E-state index contributed by atoms with van der Waals surface area (Å²) >= 11 is 5.84. The lowest BCUT2D eigenvalue weighted by molar-refractivity contribution is 0.102. The summed E-state index contributed by atoms with van der Waals surface area (Å²) in [4.78, 5) is 19.6. The average molecular weight is 248 g/mol. The number of nitrogens with zero attached hydrogens (tertiary/aromatic N) is 2. The van der Waals surface area contributed by atoms with E-state index in [-0.39, 0.29) is 11.6 Å². The van der Waals surface area contributed by atoms with Crippen LogP contribution in [0.15, 0.2) is 36.8 Å². The maximum absolute atomic E-state index is 11.8. The van der Waals surface area contributed by atoms with E-state index in [2.05, 4.69) is 15.3 Å². The highest BCUT2D eigenvalue weighted by Gasteiger charge is 2.08. The molecule has 0 atom stereocenters. The number of anilines is 1. The number of aromatic nitrogens is 2. The van der Waals surface area contributed by atoms with Crippen LogP contribution in [0.1, 0.15) is 16.1 Å². The number of halogens is 1. The summed E-state index contributed by atoms with van der Waals surface area (Å²) in [5, 5.41) is 3.39. The summed E-state index contributed by atoms with van der Waals surface area (Å²) in [6.07, 6.45) is 4.41. The average Bonchev–Trinajstić information content (AvgIpc) is 2.34. The van der Waals surface area contributed by atoms with E-state index in [1.165, 1.54) is 18.6 Å². The monoisotopic (exact) mass is 247 g/mol. The highest BCUT2D eigenvalue weighted by atomic mass is 35.5. The largest absolute Gasteiger partial charge is 0.320 e. The molecular formula is C12H10ClN3O. The maximum atomic E-state index is 11.8. The number of rotatable bonds is 2. The Balaban J connectivity index is 2.19. The van der Waals surface area contributed by atoms with Crippen molar-refractivity contribution in [2.24, 2.45) is 0 Å². The van der Waals surface area contributed by atoms with Gasteiger partial charge in [0.25, 0.3) is 5.91 Å². The zero-order chi connectivity index (χ0) is 12.3. The SMILES string of the molecule is Cc1cc(Cl)ccc1NC(=O)c1cnccn1. The third kappa shape index (κ3) is 2.79. The van der Waals surface area contributed by atoms with Gasteiger partial charge in [-0.05, 0) is 30.7 Å². The Morgan fingerprint density at radius 1 is 1.35 bits per heavy atom. The van der Waals surface area contributed by atoms with Gasteiger partial charge in [-0.15, -0.1) is 0 Å². The fourth-order valence-corrected chi connectivity index (χ4v) is 1.60. The van der Waals surface area contributed by atoms with Crippen LogP contribution in [0.3, 0.4) is 0 Å². The molecule has 1 amide bonds. The van der Waals surface area contributed by atoms with Crippen LogP contribution in [-0.4, -0.2) is 15.9 Å². The second kappa shape index (κ2) is 4.93. The number of benzene rings is 1. The summed E-state index contributed by atoms with van der Waals surface area (Å²) in [5.41, 5.74) is 1.89. The molecule has 0 saturated heterocycles. The third-order valence-electron chi connectivity index (χ3n) is 2.23. The second-order valence-corrected chi connectivity index (χ2v) is 3.94. The van der Waals surface area contributed by atoms with Crippen molar-refractivity contribution < 1.29 is 4.79 Å². The van der Waals surface area contributed by atoms with E-state index in [0.717, 1.165) is 5.56 Å². The standard InChI is InChI=1S/C12H10ClN3O/c1-8-6-9(13)2-3-10(8)16-12(17)11-7-14-4-5-15-11/h2-7H,1H3,(H,16,17). The van der Waals surface area contributed by atoms with Gasteiger partial charge >= 0.3 is 0 Å². The first-order chi connectivity index (χ1) is 8.16. The van der Waals surface area contributed by atoms with Crippen molar-refractivity contribution in [3.63, 3.8) is 0 Å². The molecule has 4 nitrogen and oxygen atoms in total. The Hall–Kier alpha value is -1.94. The number of amides is 1. The molecule has 17 heavy (non-hydrogen) atoms. The first kappa shape index (κ1) is 11.5. The van der Waals surface area contributed by atoms with Crippen LogP contribution in [0, 0.1) is 6.92 Å². The number of carbonyl (C=O) groups excluding carboxylic acids is 1. The first-order valence-electron chi connectivity index (χ1n) is 5.00. The Morgan fingerprint density at radius 2 is 2.18 bits per heavy atom. The fourth-order valence-electron chi connectivity index (χ4n) is 1.37. The Morgan fingerprint density at radius 3 is 2.82 bits per heavy atom. The van der Waals surface area contributed by atoms with Gasteiger partial charge in [-0.1, -0.05) is 11.6 Å². The van der Waals surface area contributed by atoms with E-state index < -0.39 is 0 Å². The Labute approximate surface area is 104 Å². The summed E-state index contributed by atoms with van der Waals surface area (Å²) in [6.45, 7) is 1.87. The van der Waals surface area contributed by atoms with Gasteiger partial charge in [0.05, 0.1) is 6.20 Å². The molecular weight excluding hydrogens is 238 g/mol. The van der Waals surface area contributed by atoms with Gasteiger partial charge in [-0.25, -0.2) is 4.98 Å². The molecule has 0 unspecified atom stereocenters. The molecule has 0 bridgehead atoms. The summed E-state index contributed by atoms with van der Waals surface area (Å²) < 4.78 is 0. The molecule has 86 valence electrons. The van der Waals surface area contributed by atoms with Crippen molar-refractivity contribution in [3.8, 4) is 0 Å². The minimum absolute atomic E-state index is 0.279. The summed E-state index contributed by atoms with van der Waals surface area (Å²) in [5.74, 6) is -0.288. The zero-order valence-corrected chi connectivity index (χ0v) is 9.90. The zero-order valence-electron chi connectivity index (χ0n) is 9.14. The number of nitrogens with one attached hydrogen (secondary N) is 1. The van der Waals surface area contributed by atoms with E-state index in [1.807, 2.05) is 6.92 Å². The molecule has 0 saturated carbocycles. The topological polar surface area (TPSA) is 54.9 Å². The van der Waals surface area contributed by atoms with Crippen LogP contribution < -0.4 is 5.32 Å². The fraction of sp³-hybridized carbons (Fsp3) is 0.0833. The van der Waals surface area contributed by atoms with Gasteiger partial charge in [0.1, 0.15) is 5.69 Å². The molecule has 1 heterocycles. The van der Waals surface area contributed by atoms with E-state index in [4.69, 9.17) is 11.6 Å². The van der Waals surface area contributed by atoms with Crippen molar-refractivity contribution in [2.45, 2.75) is 6.92 Å². The molecule has 1 N–H and O–H groups in total. The number of hydrogen-bond donors (Lipinski definition) is 1. The highest BCUT2D eigenvalue weighted by molar-refractivity contribution is 6.30. The quantitative estimate of drug-likeness (QED) is 0.888. The Bertz CT molecular complexity index is 543. The molecule has 0 aliphatic carbocycles. The van der Waals surface area contributed by atoms with Gasteiger partial charge in [0.2, 0.25) is 0 Å². The summed E-state index contributed by atoms with van der Waals surface area (Å²) in [7, 11) is 0. The van der Waals surface area contributed by atoms with Gasteiger partial charge in [0.15, 0.2) is 0 Å². The number of hydrogen-bond acceptors (Lipinski definition) is 3. The summed E-state index contributed by atoms with van der Waals surface area (Å²) in [6, 6.07) is 5.26. The molecule has 0 aliphatic heterocycles. The van der Waals surface area contributed by atoms with Crippen molar-refractivity contribution in [2.75, 3.05) is 5.32 Å². The smallest absolute Gasteiger partial charge is 0.275 e. The Kier molecular flexibility index (Phi) is 3.35. The van der Waals surface area contributed by atoms with Crippen LogP contribution in [0.4, 0.5) is 5.69 Å².